The van der Waals surface area contributed by atoms with E-state index >= 15 is 0 Å². The minimum Gasteiger partial charge on any atom is -0.352 e. The normalized spacial score (nSPS) is 12.8. The highest BCUT2D eigenvalue weighted by atomic mass is 19.1. The minimum absolute atomic E-state index is 0.123. The van der Waals surface area contributed by atoms with E-state index in [0.717, 1.165) is 12.1 Å². The summed E-state index contributed by atoms with van der Waals surface area (Å²) in [5.74, 6) is -0.460. The van der Waals surface area contributed by atoms with Crippen LogP contribution in [0.1, 0.15) is 16.1 Å². The van der Waals surface area contributed by atoms with Gasteiger partial charge in [-0.3, -0.25) is 4.79 Å². The molecule has 0 atom stereocenters. The average Bonchev–Trinajstić information content (AvgIpc) is 3.08. The fourth-order valence-electron chi connectivity index (χ4n) is 3.00. The number of benzene rings is 2. The third-order valence-electron chi connectivity index (χ3n) is 4.27. The fraction of sp³-hybridized carbons (Fsp3) is 0.100. The Morgan fingerprint density at radius 2 is 1.84 bits per heavy atom. The van der Waals surface area contributed by atoms with Gasteiger partial charge in [-0.15, -0.1) is 0 Å². The van der Waals surface area contributed by atoms with Crippen LogP contribution in [-0.4, -0.2) is 17.4 Å². The molecule has 4 rings (SSSR count). The van der Waals surface area contributed by atoms with E-state index in [4.69, 9.17) is 0 Å². The van der Waals surface area contributed by atoms with Gasteiger partial charge in [-0.05, 0) is 42.3 Å². The van der Waals surface area contributed by atoms with E-state index in [1.165, 1.54) is 11.6 Å². The first-order valence-electron chi connectivity index (χ1n) is 8.10. The Hall–Kier alpha value is -3.21. The van der Waals surface area contributed by atoms with Crippen molar-refractivity contribution in [2.24, 2.45) is 0 Å². The lowest BCUT2D eigenvalue weighted by atomic mass is 10.2. The molecule has 5 heteroatoms. The maximum atomic E-state index is 13.7. The van der Waals surface area contributed by atoms with Crippen LogP contribution in [0.15, 0.2) is 66.9 Å². The lowest BCUT2D eigenvalue weighted by molar-refractivity contribution is 0.0984. The molecule has 0 aliphatic carbocycles. The Balaban J connectivity index is 1.53. The molecule has 2 aromatic carbocycles. The number of carbonyl (C=O) groups is 1. The molecule has 1 aromatic heterocycles. The Morgan fingerprint density at radius 1 is 1.04 bits per heavy atom. The topological polar surface area (TPSA) is 45.2 Å². The first-order valence-corrected chi connectivity index (χ1v) is 8.10. The maximum Gasteiger partial charge on any atom is 0.276 e. The highest BCUT2D eigenvalue weighted by molar-refractivity contribution is 6.06. The number of halogens is 1. The van der Waals surface area contributed by atoms with E-state index in [-0.39, 0.29) is 11.7 Å². The Morgan fingerprint density at radius 3 is 2.64 bits per heavy atom. The third-order valence-corrected chi connectivity index (χ3v) is 4.27. The van der Waals surface area contributed by atoms with Crippen LogP contribution in [0, 0.1) is 5.82 Å². The summed E-state index contributed by atoms with van der Waals surface area (Å²) in [4.78, 5) is 18.7. The summed E-state index contributed by atoms with van der Waals surface area (Å²) < 4.78 is 13.7. The first-order chi connectivity index (χ1) is 12.2. The molecule has 1 amide bonds. The molecule has 25 heavy (non-hydrogen) atoms. The third kappa shape index (κ3) is 2.96. The number of anilines is 3. The molecule has 0 saturated heterocycles. The zero-order valence-electron chi connectivity index (χ0n) is 13.4. The van der Waals surface area contributed by atoms with Crippen molar-refractivity contribution in [2.75, 3.05) is 16.8 Å². The zero-order chi connectivity index (χ0) is 17.2. The quantitative estimate of drug-likeness (QED) is 0.782. The van der Waals surface area contributed by atoms with Crippen LogP contribution in [0.4, 0.5) is 21.5 Å². The number of carbonyl (C=O) groups excluding carboxylic acids is 1. The SMILES string of the molecule is O=C(c1ccc(Nc2ccccc2F)cn1)N1CCc2ccccc21. The number of aromatic nitrogens is 1. The summed E-state index contributed by atoms with van der Waals surface area (Å²) >= 11 is 0. The molecule has 1 aliphatic rings. The number of nitrogens with zero attached hydrogens (tertiary/aromatic N) is 2. The van der Waals surface area contributed by atoms with Crippen molar-refractivity contribution in [3.05, 3.63) is 83.9 Å². The van der Waals surface area contributed by atoms with Gasteiger partial charge in [0.1, 0.15) is 11.5 Å². The number of nitrogens with one attached hydrogen (secondary N) is 1. The van der Waals surface area contributed by atoms with Gasteiger partial charge >= 0.3 is 0 Å². The van der Waals surface area contributed by atoms with Crippen molar-refractivity contribution in [1.29, 1.82) is 0 Å². The van der Waals surface area contributed by atoms with Gasteiger partial charge in [0.05, 0.1) is 17.6 Å². The van der Waals surface area contributed by atoms with E-state index in [0.29, 0.717) is 23.6 Å². The van der Waals surface area contributed by atoms with Gasteiger partial charge in [-0.2, -0.15) is 0 Å². The molecule has 0 saturated carbocycles. The van der Waals surface area contributed by atoms with Crippen molar-refractivity contribution >= 4 is 23.0 Å². The number of para-hydroxylation sites is 2. The van der Waals surface area contributed by atoms with Gasteiger partial charge in [-0.25, -0.2) is 9.37 Å². The van der Waals surface area contributed by atoms with Crippen LogP contribution < -0.4 is 10.2 Å². The number of fused-ring (bicyclic) bond motifs is 1. The number of hydrogen-bond donors (Lipinski definition) is 1. The summed E-state index contributed by atoms with van der Waals surface area (Å²) in [5.41, 5.74) is 3.49. The summed E-state index contributed by atoms with van der Waals surface area (Å²) in [6.07, 6.45) is 2.40. The van der Waals surface area contributed by atoms with E-state index in [1.807, 2.05) is 24.3 Å². The van der Waals surface area contributed by atoms with Crippen LogP contribution in [0.5, 0.6) is 0 Å². The molecule has 3 aromatic rings. The Labute approximate surface area is 144 Å². The summed E-state index contributed by atoms with van der Waals surface area (Å²) in [6.45, 7) is 0.662. The number of amides is 1. The molecule has 4 nitrogen and oxygen atoms in total. The second kappa shape index (κ2) is 6.36. The smallest absolute Gasteiger partial charge is 0.276 e. The largest absolute Gasteiger partial charge is 0.352 e. The van der Waals surface area contributed by atoms with Crippen molar-refractivity contribution in [2.45, 2.75) is 6.42 Å². The van der Waals surface area contributed by atoms with Crippen LogP contribution in [-0.2, 0) is 6.42 Å². The second-order valence-corrected chi connectivity index (χ2v) is 5.87. The molecule has 2 heterocycles. The van der Waals surface area contributed by atoms with E-state index in [1.54, 1.807) is 41.4 Å². The predicted molar refractivity (Wildman–Crippen MR) is 95.7 cm³/mol. The van der Waals surface area contributed by atoms with Crippen LogP contribution in [0.2, 0.25) is 0 Å². The Kier molecular flexibility index (Phi) is 3.90. The van der Waals surface area contributed by atoms with Crippen molar-refractivity contribution < 1.29 is 9.18 Å². The molecule has 1 N–H and O–H groups in total. The standard InChI is InChI=1S/C20H16FN3O/c21-16-6-2-3-7-17(16)23-15-9-10-18(22-13-15)20(25)24-12-11-14-5-1-4-8-19(14)24/h1-10,13,23H,11-12H2. The van der Waals surface area contributed by atoms with Gasteiger partial charge in [0.25, 0.3) is 5.91 Å². The van der Waals surface area contributed by atoms with Gasteiger partial charge in [0.15, 0.2) is 0 Å². The molecule has 0 spiro atoms. The van der Waals surface area contributed by atoms with Crippen LogP contribution in [0.25, 0.3) is 0 Å². The summed E-state index contributed by atoms with van der Waals surface area (Å²) in [5, 5.41) is 2.96. The van der Waals surface area contributed by atoms with Gasteiger partial charge < -0.3 is 10.2 Å². The van der Waals surface area contributed by atoms with Crippen molar-refractivity contribution in [3.8, 4) is 0 Å². The predicted octanol–water partition coefficient (Wildman–Crippen LogP) is 4.17. The van der Waals surface area contributed by atoms with Crippen LogP contribution in [0.3, 0.4) is 0 Å². The molecular weight excluding hydrogens is 317 g/mol. The lowest BCUT2D eigenvalue weighted by Gasteiger charge is -2.17. The van der Waals surface area contributed by atoms with Crippen molar-refractivity contribution in [1.82, 2.24) is 4.98 Å². The average molecular weight is 333 g/mol. The van der Waals surface area contributed by atoms with Gasteiger partial charge in [0.2, 0.25) is 0 Å². The highest BCUT2D eigenvalue weighted by Crippen LogP contribution is 2.28. The fourth-order valence-corrected chi connectivity index (χ4v) is 3.00. The molecule has 0 radical (unpaired) electrons. The zero-order valence-corrected chi connectivity index (χ0v) is 13.4. The van der Waals surface area contributed by atoms with Crippen LogP contribution >= 0.6 is 0 Å². The summed E-state index contributed by atoms with van der Waals surface area (Å²) in [6, 6.07) is 17.7. The van der Waals surface area contributed by atoms with E-state index < -0.39 is 0 Å². The number of pyridine rings is 1. The molecule has 1 aliphatic heterocycles. The van der Waals surface area contributed by atoms with Crippen molar-refractivity contribution in [3.63, 3.8) is 0 Å². The second-order valence-electron chi connectivity index (χ2n) is 5.87. The molecule has 0 fully saturated rings. The minimum atomic E-state index is -0.337. The lowest BCUT2D eigenvalue weighted by Crippen LogP contribution is -2.29. The monoisotopic (exact) mass is 333 g/mol. The van der Waals surface area contributed by atoms with Gasteiger partial charge in [0, 0.05) is 12.2 Å². The highest BCUT2D eigenvalue weighted by Gasteiger charge is 2.25. The molecule has 0 bridgehead atoms. The summed E-state index contributed by atoms with van der Waals surface area (Å²) in [7, 11) is 0. The number of rotatable bonds is 3. The first kappa shape index (κ1) is 15.3. The van der Waals surface area contributed by atoms with E-state index in [9.17, 15) is 9.18 Å². The molecular formula is C20H16FN3O. The van der Waals surface area contributed by atoms with Gasteiger partial charge in [-0.1, -0.05) is 30.3 Å². The van der Waals surface area contributed by atoms with E-state index in [2.05, 4.69) is 10.3 Å². The molecule has 0 unspecified atom stereocenters. The number of hydrogen-bond acceptors (Lipinski definition) is 3. The maximum absolute atomic E-state index is 13.7. The molecule has 124 valence electrons. The Bertz CT molecular complexity index is 924.